The molecule has 1 aliphatic rings. The summed E-state index contributed by atoms with van der Waals surface area (Å²) in [5.41, 5.74) is 5.19. The molecule has 0 bridgehead atoms. The zero-order valence-corrected chi connectivity index (χ0v) is 13.2. The molecule has 3 rings (SSSR count). The van der Waals surface area contributed by atoms with Gasteiger partial charge in [-0.05, 0) is 52.5 Å². The number of hydrogen-bond acceptors (Lipinski definition) is 2. The fourth-order valence-corrected chi connectivity index (χ4v) is 3.27. The van der Waals surface area contributed by atoms with E-state index in [1.807, 2.05) is 0 Å². The van der Waals surface area contributed by atoms with Crippen molar-refractivity contribution in [2.24, 2.45) is 0 Å². The van der Waals surface area contributed by atoms with Gasteiger partial charge in [-0.3, -0.25) is 0 Å². The van der Waals surface area contributed by atoms with Crippen molar-refractivity contribution in [1.82, 2.24) is 5.16 Å². The van der Waals surface area contributed by atoms with Crippen LogP contribution < -0.4 is 0 Å². The van der Waals surface area contributed by atoms with Gasteiger partial charge in [0.1, 0.15) is 5.69 Å². The third-order valence-electron chi connectivity index (χ3n) is 4.63. The summed E-state index contributed by atoms with van der Waals surface area (Å²) in [7, 11) is 0. The lowest BCUT2D eigenvalue weighted by atomic mass is 9.63. The highest BCUT2D eigenvalue weighted by atomic mass is 35.5. The molecule has 0 unspecified atom stereocenters. The zero-order valence-electron chi connectivity index (χ0n) is 12.5. The fraction of sp³-hybridized carbons (Fsp3) is 0.471. The van der Waals surface area contributed by atoms with Gasteiger partial charge < -0.3 is 4.52 Å². The summed E-state index contributed by atoms with van der Waals surface area (Å²) in [5.74, 6) is 0. The molecule has 3 heteroatoms. The van der Waals surface area contributed by atoms with E-state index in [4.69, 9.17) is 16.1 Å². The third kappa shape index (κ3) is 2.16. The van der Waals surface area contributed by atoms with Crippen molar-refractivity contribution in [1.29, 1.82) is 0 Å². The molecule has 0 radical (unpaired) electrons. The smallest absolute Gasteiger partial charge is 0.226 e. The first-order chi connectivity index (χ1) is 9.29. The Morgan fingerprint density at radius 1 is 1.00 bits per heavy atom. The molecule has 1 aromatic heterocycles. The molecule has 0 atom stereocenters. The van der Waals surface area contributed by atoms with Crippen LogP contribution in [0.25, 0.3) is 11.3 Å². The van der Waals surface area contributed by atoms with E-state index in [9.17, 15) is 0 Å². The van der Waals surface area contributed by atoms with E-state index in [-0.39, 0.29) is 10.8 Å². The highest BCUT2D eigenvalue weighted by Crippen LogP contribution is 2.46. The summed E-state index contributed by atoms with van der Waals surface area (Å²) in [5, 5.41) is 4.34. The lowest BCUT2D eigenvalue weighted by Crippen LogP contribution is -2.33. The van der Waals surface area contributed by atoms with E-state index in [0.717, 1.165) is 11.3 Å². The van der Waals surface area contributed by atoms with Gasteiger partial charge in [-0.15, -0.1) is 0 Å². The van der Waals surface area contributed by atoms with Crippen molar-refractivity contribution in [2.75, 3.05) is 0 Å². The molecular weight excluding hydrogens is 270 g/mol. The molecule has 0 N–H and O–H groups in total. The number of aromatic nitrogens is 1. The molecule has 1 aliphatic carbocycles. The molecule has 0 spiro atoms. The lowest BCUT2D eigenvalue weighted by molar-refractivity contribution is 0.332. The van der Waals surface area contributed by atoms with Crippen LogP contribution in [0.4, 0.5) is 0 Å². The van der Waals surface area contributed by atoms with Crippen LogP contribution in [0.2, 0.25) is 5.22 Å². The van der Waals surface area contributed by atoms with Gasteiger partial charge in [-0.2, -0.15) is 0 Å². The predicted molar refractivity (Wildman–Crippen MR) is 82.2 cm³/mol. The largest absolute Gasteiger partial charge is 0.344 e. The second-order valence-electron chi connectivity index (χ2n) is 7.04. The number of halogens is 1. The minimum Gasteiger partial charge on any atom is -0.344 e. The van der Waals surface area contributed by atoms with E-state index in [1.165, 1.54) is 24.0 Å². The average Bonchev–Trinajstić information content (AvgIpc) is 2.82. The highest BCUT2D eigenvalue weighted by Gasteiger charge is 2.37. The van der Waals surface area contributed by atoms with Crippen LogP contribution in [0.3, 0.4) is 0 Å². The van der Waals surface area contributed by atoms with E-state index in [1.54, 1.807) is 6.07 Å². The van der Waals surface area contributed by atoms with Gasteiger partial charge in [0.25, 0.3) is 0 Å². The summed E-state index contributed by atoms with van der Waals surface area (Å²) in [6.45, 7) is 9.29. The Balaban J connectivity index is 2.16. The molecule has 106 valence electrons. The maximum Gasteiger partial charge on any atom is 0.226 e. The number of rotatable bonds is 1. The summed E-state index contributed by atoms with van der Waals surface area (Å²) in [6.07, 6.45) is 2.43. The molecule has 0 fully saturated rings. The van der Waals surface area contributed by atoms with Gasteiger partial charge in [0.2, 0.25) is 5.22 Å². The monoisotopic (exact) mass is 289 g/mol. The van der Waals surface area contributed by atoms with E-state index >= 15 is 0 Å². The van der Waals surface area contributed by atoms with Crippen molar-refractivity contribution >= 4 is 11.6 Å². The Morgan fingerprint density at radius 2 is 1.65 bits per heavy atom. The van der Waals surface area contributed by atoms with Crippen molar-refractivity contribution in [3.8, 4) is 11.3 Å². The van der Waals surface area contributed by atoms with Gasteiger partial charge in [0.05, 0.1) is 0 Å². The Morgan fingerprint density at radius 3 is 2.25 bits per heavy atom. The highest BCUT2D eigenvalue weighted by molar-refractivity contribution is 6.29. The van der Waals surface area contributed by atoms with Gasteiger partial charge in [0.15, 0.2) is 0 Å². The van der Waals surface area contributed by atoms with Gasteiger partial charge in [0, 0.05) is 11.6 Å². The van der Waals surface area contributed by atoms with Crippen molar-refractivity contribution in [2.45, 2.75) is 51.4 Å². The summed E-state index contributed by atoms with van der Waals surface area (Å²) in [4.78, 5) is 0. The summed E-state index contributed by atoms with van der Waals surface area (Å²) in [6, 6.07) is 8.39. The molecular formula is C17H20ClNO. The molecule has 20 heavy (non-hydrogen) atoms. The molecule has 2 aromatic rings. The quantitative estimate of drug-likeness (QED) is 0.708. The minimum absolute atomic E-state index is 0.203. The second kappa shape index (κ2) is 4.36. The van der Waals surface area contributed by atoms with Crippen LogP contribution in [0.5, 0.6) is 0 Å². The molecule has 0 amide bonds. The van der Waals surface area contributed by atoms with Crippen LogP contribution in [0.1, 0.15) is 51.7 Å². The van der Waals surface area contributed by atoms with E-state index in [2.05, 4.69) is 51.1 Å². The predicted octanol–water partition coefficient (Wildman–Crippen LogP) is 5.34. The molecule has 1 aromatic carbocycles. The third-order valence-corrected chi connectivity index (χ3v) is 4.81. The number of nitrogens with zero attached hydrogens (tertiary/aromatic N) is 1. The zero-order chi connectivity index (χ0) is 14.5. The minimum atomic E-state index is 0.203. The van der Waals surface area contributed by atoms with Crippen molar-refractivity contribution < 1.29 is 4.52 Å². The Kier molecular flexibility index (Phi) is 2.98. The molecule has 0 saturated carbocycles. The standard InChI is InChI=1S/C17H20ClNO/c1-16(2)7-8-17(3,4)13-9-11(5-6-12(13)16)14-10-15(18)20-19-14/h5-6,9-10H,7-8H2,1-4H3. The Labute approximate surface area is 125 Å². The molecule has 1 heterocycles. The first-order valence-electron chi connectivity index (χ1n) is 7.07. The van der Waals surface area contributed by atoms with Gasteiger partial charge in [-0.25, -0.2) is 0 Å². The lowest BCUT2D eigenvalue weighted by Gasteiger charge is -2.42. The average molecular weight is 290 g/mol. The summed E-state index contributed by atoms with van der Waals surface area (Å²) < 4.78 is 4.97. The number of fused-ring (bicyclic) bond motifs is 1. The Bertz CT molecular complexity index is 655. The van der Waals surface area contributed by atoms with Crippen LogP contribution in [0, 0.1) is 0 Å². The Hall–Kier alpha value is -1.28. The van der Waals surface area contributed by atoms with E-state index < -0.39 is 0 Å². The van der Waals surface area contributed by atoms with Crippen LogP contribution in [0.15, 0.2) is 28.8 Å². The van der Waals surface area contributed by atoms with Gasteiger partial charge >= 0.3 is 0 Å². The first-order valence-corrected chi connectivity index (χ1v) is 7.45. The molecule has 0 saturated heterocycles. The maximum atomic E-state index is 5.83. The SMILES string of the molecule is CC1(C)CCC(C)(C)c2cc(-c3cc(Cl)on3)ccc21. The topological polar surface area (TPSA) is 26.0 Å². The van der Waals surface area contributed by atoms with E-state index in [0.29, 0.717) is 5.22 Å². The first kappa shape index (κ1) is 13.7. The van der Waals surface area contributed by atoms with Gasteiger partial charge in [-0.1, -0.05) is 45.0 Å². The van der Waals surface area contributed by atoms with Crippen LogP contribution >= 0.6 is 11.6 Å². The van der Waals surface area contributed by atoms with Crippen LogP contribution in [-0.4, -0.2) is 5.16 Å². The number of hydrogen-bond donors (Lipinski definition) is 0. The van der Waals surface area contributed by atoms with Crippen LogP contribution in [-0.2, 0) is 10.8 Å². The number of benzene rings is 1. The van der Waals surface area contributed by atoms with Crippen molar-refractivity contribution in [3.63, 3.8) is 0 Å². The maximum absolute atomic E-state index is 5.83. The fourth-order valence-electron chi connectivity index (χ4n) is 3.14. The summed E-state index contributed by atoms with van der Waals surface area (Å²) >= 11 is 5.83. The second-order valence-corrected chi connectivity index (χ2v) is 7.42. The normalized spacial score (nSPS) is 19.6. The van der Waals surface area contributed by atoms with Crippen molar-refractivity contribution in [3.05, 3.63) is 40.6 Å². The molecule has 2 nitrogen and oxygen atoms in total. The molecule has 0 aliphatic heterocycles.